The molecule has 5 heteroatoms. The van der Waals surface area contributed by atoms with Gasteiger partial charge in [-0.15, -0.1) is 11.6 Å². The van der Waals surface area contributed by atoms with Gasteiger partial charge in [-0.05, 0) is 25.2 Å². The van der Waals surface area contributed by atoms with Crippen molar-refractivity contribution in [2.75, 3.05) is 18.2 Å². The van der Waals surface area contributed by atoms with Crippen LogP contribution >= 0.6 is 11.6 Å². The first kappa shape index (κ1) is 13.3. The molecule has 15 heavy (non-hydrogen) atoms. The zero-order valence-electron chi connectivity index (χ0n) is 9.45. The Balaban J connectivity index is 2.61. The van der Waals surface area contributed by atoms with E-state index in [1.807, 2.05) is 13.8 Å². The SMILES string of the molecule is CC(C)CN(C1CC1)S(=O)(=O)CCCCl. The molecule has 0 atom stereocenters. The summed E-state index contributed by atoms with van der Waals surface area (Å²) in [5.41, 5.74) is 0. The predicted molar refractivity (Wildman–Crippen MR) is 63.7 cm³/mol. The van der Waals surface area contributed by atoms with Crippen LogP contribution in [0.1, 0.15) is 33.1 Å². The Hall–Kier alpha value is 0.200. The van der Waals surface area contributed by atoms with E-state index in [0.717, 1.165) is 12.8 Å². The number of hydrogen-bond acceptors (Lipinski definition) is 2. The van der Waals surface area contributed by atoms with E-state index in [-0.39, 0.29) is 11.8 Å². The van der Waals surface area contributed by atoms with Gasteiger partial charge in [-0.2, -0.15) is 4.31 Å². The monoisotopic (exact) mass is 253 g/mol. The van der Waals surface area contributed by atoms with Crippen LogP contribution in [0.3, 0.4) is 0 Å². The van der Waals surface area contributed by atoms with Gasteiger partial charge in [0.15, 0.2) is 0 Å². The second-order valence-electron chi connectivity index (χ2n) is 4.55. The fourth-order valence-corrected chi connectivity index (χ4v) is 3.79. The molecule has 0 N–H and O–H groups in total. The zero-order chi connectivity index (χ0) is 11.5. The first-order valence-electron chi connectivity index (χ1n) is 5.53. The molecule has 0 spiro atoms. The molecule has 0 aliphatic heterocycles. The summed E-state index contributed by atoms with van der Waals surface area (Å²) in [7, 11) is -3.07. The molecule has 0 aromatic carbocycles. The first-order valence-corrected chi connectivity index (χ1v) is 7.67. The maximum absolute atomic E-state index is 12.0. The zero-order valence-corrected chi connectivity index (χ0v) is 11.0. The Labute approximate surface area is 97.8 Å². The van der Waals surface area contributed by atoms with Crippen LogP contribution in [0.4, 0.5) is 0 Å². The molecule has 0 radical (unpaired) electrons. The third-order valence-electron chi connectivity index (χ3n) is 2.39. The van der Waals surface area contributed by atoms with Gasteiger partial charge in [-0.1, -0.05) is 13.8 Å². The molecule has 0 aromatic heterocycles. The minimum atomic E-state index is -3.07. The highest BCUT2D eigenvalue weighted by Crippen LogP contribution is 2.30. The molecule has 1 fully saturated rings. The largest absolute Gasteiger partial charge is 0.214 e. The van der Waals surface area contributed by atoms with Crippen LogP contribution in [0.15, 0.2) is 0 Å². The van der Waals surface area contributed by atoms with Crippen LogP contribution in [-0.4, -0.2) is 36.9 Å². The lowest BCUT2D eigenvalue weighted by molar-refractivity contribution is 0.360. The molecular weight excluding hydrogens is 234 g/mol. The molecule has 3 nitrogen and oxygen atoms in total. The summed E-state index contributed by atoms with van der Waals surface area (Å²) in [4.78, 5) is 0. The molecule has 0 unspecified atom stereocenters. The van der Waals surface area contributed by atoms with Crippen molar-refractivity contribution >= 4 is 21.6 Å². The fourth-order valence-electron chi connectivity index (χ4n) is 1.57. The van der Waals surface area contributed by atoms with E-state index < -0.39 is 10.0 Å². The van der Waals surface area contributed by atoms with E-state index in [9.17, 15) is 8.42 Å². The summed E-state index contributed by atoms with van der Waals surface area (Å²) in [6, 6.07) is 0.271. The van der Waals surface area contributed by atoms with Crippen molar-refractivity contribution in [2.45, 2.75) is 39.2 Å². The lowest BCUT2D eigenvalue weighted by Gasteiger charge is -2.23. The van der Waals surface area contributed by atoms with Gasteiger partial charge in [0.1, 0.15) is 0 Å². The molecule has 90 valence electrons. The molecule has 0 heterocycles. The van der Waals surface area contributed by atoms with Crippen LogP contribution in [0, 0.1) is 5.92 Å². The van der Waals surface area contributed by atoms with E-state index in [1.165, 1.54) is 0 Å². The molecule has 0 saturated heterocycles. The van der Waals surface area contributed by atoms with E-state index >= 15 is 0 Å². The van der Waals surface area contributed by atoms with Gasteiger partial charge in [0.25, 0.3) is 0 Å². The predicted octanol–water partition coefficient (Wildman–Crippen LogP) is 2.07. The molecule has 1 saturated carbocycles. The Bertz CT molecular complexity index is 286. The number of sulfonamides is 1. The minimum absolute atomic E-state index is 0.194. The van der Waals surface area contributed by atoms with Gasteiger partial charge in [0.2, 0.25) is 10.0 Å². The van der Waals surface area contributed by atoms with Crippen molar-refractivity contribution in [1.82, 2.24) is 4.31 Å². The number of hydrogen-bond donors (Lipinski definition) is 0. The molecule has 0 aromatic rings. The van der Waals surface area contributed by atoms with E-state index in [0.29, 0.717) is 24.8 Å². The average Bonchev–Trinajstić information content (AvgIpc) is 2.94. The number of alkyl halides is 1. The smallest absolute Gasteiger partial charge is 0.212 e. The Kier molecular flexibility index (Phi) is 4.87. The van der Waals surface area contributed by atoms with Crippen molar-refractivity contribution in [3.8, 4) is 0 Å². The third kappa shape index (κ3) is 4.29. The van der Waals surface area contributed by atoms with Crippen molar-refractivity contribution < 1.29 is 8.42 Å². The summed E-state index contributed by atoms with van der Waals surface area (Å²) >= 11 is 5.53. The van der Waals surface area contributed by atoms with Crippen LogP contribution in [-0.2, 0) is 10.0 Å². The van der Waals surface area contributed by atoms with Gasteiger partial charge in [0.05, 0.1) is 5.75 Å². The lowest BCUT2D eigenvalue weighted by atomic mass is 10.2. The quantitative estimate of drug-likeness (QED) is 0.652. The lowest BCUT2D eigenvalue weighted by Crippen LogP contribution is -2.37. The van der Waals surface area contributed by atoms with E-state index in [4.69, 9.17) is 11.6 Å². The van der Waals surface area contributed by atoms with Gasteiger partial charge in [-0.3, -0.25) is 0 Å². The van der Waals surface area contributed by atoms with Crippen LogP contribution in [0.5, 0.6) is 0 Å². The Morgan fingerprint density at radius 3 is 2.40 bits per heavy atom. The summed E-state index contributed by atoms with van der Waals surface area (Å²) in [6.45, 7) is 4.74. The van der Waals surface area contributed by atoms with E-state index in [1.54, 1.807) is 4.31 Å². The topological polar surface area (TPSA) is 37.4 Å². The van der Waals surface area contributed by atoms with Crippen LogP contribution < -0.4 is 0 Å². The normalized spacial score (nSPS) is 17.7. The van der Waals surface area contributed by atoms with Crippen LogP contribution in [0.25, 0.3) is 0 Å². The molecule has 0 bridgehead atoms. The first-order chi connectivity index (χ1) is 6.97. The average molecular weight is 254 g/mol. The van der Waals surface area contributed by atoms with Crippen LogP contribution in [0.2, 0.25) is 0 Å². The number of halogens is 1. The molecular formula is C10H20ClNO2S. The second kappa shape index (κ2) is 5.51. The molecule has 1 rings (SSSR count). The third-order valence-corrected chi connectivity index (χ3v) is 4.63. The van der Waals surface area contributed by atoms with Gasteiger partial charge in [0, 0.05) is 18.5 Å². The highest BCUT2D eigenvalue weighted by atomic mass is 35.5. The summed E-state index contributed by atoms with van der Waals surface area (Å²) in [5.74, 6) is 0.996. The highest BCUT2D eigenvalue weighted by molar-refractivity contribution is 7.89. The highest BCUT2D eigenvalue weighted by Gasteiger charge is 2.36. The summed E-state index contributed by atoms with van der Waals surface area (Å²) in [6.07, 6.45) is 2.59. The summed E-state index contributed by atoms with van der Waals surface area (Å²) < 4.78 is 25.6. The summed E-state index contributed by atoms with van der Waals surface area (Å²) in [5, 5.41) is 0. The maximum Gasteiger partial charge on any atom is 0.214 e. The van der Waals surface area contributed by atoms with Crippen molar-refractivity contribution in [2.24, 2.45) is 5.92 Å². The molecule has 1 aliphatic carbocycles. The second-order valence-corrected chi connectivity index (χ2v) is 6.97. The number of rotatable bonds is 7. The fraction of sp³-hybridized carbons (Fsp3) is 1.00. The molecule has 1 aliphatic rings. The maximum atomic E-state index is 12.0. The van der Waals surface area contributed by atoms with Crippen molar-refractivity contribution in [1.29, 1.82) is 0 Å². The van der Waals surface area contributed by atoms with E-state index in [2.05, 4.69) is 0 Å². The van der Waals surface area contributed by atoms with Crippen molar-refractivity contribution in [3.05, 3.63) is 0 Å². The van der Waals surface area contributed by atoms with Gasteiger partial charge >= 0.3 is 0 Å². The minimum Gasteiger partial charge on any atom is -0.212 e. The Morgan fingerprint density at radius 1 is 1.40 bits per heavy atom. The van der Waals surface area contributed by atoms with Crippen molar-refractivity contribution in [3.63, 3.8) is 0 Å². The molecule has 0 amide bonds. The number of nitrogens with zero attached hydrogens (tertiary/aromatic N) is 1. The Morgan fingerprint density at radius 2 is 2.00 bits per heavy atom. The van der Waals surface area contributed by atoms with Gasteiger partial charge in [-0.25, -0.2) is 8.42 Å². The standard InChI is InChI=1S/C10H20ClNO2S/c1-9(2)8-12(10-4-5-10)15(13,14)7-3-6-11/h9-10H,3-8H2,1-2H3. The van der Waals surface area contributed by atoms with Gasteiger partial charge < -0.3 is 0 Å².